The van der Waals surface area contributed by atoms with Gasteiger partial charge in [0.05, 0.1) is 6.04 Å². The minimum Gasteiger partial charge on any atom is -0.337 e. The first-order chi connectivity index (χ1) is 10.6. The van der Waals surface area contributed by atoms with Crippen LogP contribution in [0.4, 0.5) is 0 Å². The lowest BCUT2D eigenvalue weighted by atomic mass is 10.1. The summed E-state index contributed by atoms with van der Waals surface area (Å²) < 4.78 is 0. The van der Waals surface area contributed by atoms with Crippen molar-refractivity contribution in [2.45, 2.75) is 57.3 Å². The Kier molecular flexibility index (Phi) is 4.79. The average Bonchev–Trinajstić information content (AvgIpc) is 3.27. The van der Waals surface area contributed by atoms with Crippen molar-refractivity contribution < 1.29 is 4.79 Å². The topological polar surface area (TPSA) is 49.6 Å². The largest absolute Gasteiger partial charge is 0.337 e. The lowest BCUT2D eigenvalue weighted by molar-refractivity contribution is -0.133. The minimum atomic E-state index is -0.385. The Morgan fingerprint density at radius 1 is 1.32 bits per heavy atom. The second kappa shape index (κ2) is 6.80. The zero-order chi connectivity index (χ0) is 15.5. The molecule has 0 aromatic heterocycles. The molecular formula is C18H27N3O. The van der Waals surface area contributed by atoms with Gasteiger partial charge in [0.25, 0.3) is 0 Å². The predicted molar refractivity (Wildman–Crippen MR) is 88.3 cm³/mol. The van der Waals surface area contributed by atoms with E-state index in [1.807, 2.05) is 0 Å². The Bertz CT molecular complexity index is 498. The van der Waals surface area contributed by atoms with Crippen LogP contribution in [0.1, 0.15) is 38.2 Å². The van der Waals surface area contributed by atoms with E-state index in [2.05, 4.69) is 40.1 Å². The highest BCUT2D eigenvalue weighted by atomic mass is 16.2. The molecule has 1 aliphatic carbocycles. The molecule has 1 aromatic carbocycles. The summed E-state index contributed by atoms with van der Waals surface area (Å²) in [5, 5.41) is 0. The molecule has 2 aliphatic rings. The minimum absolute atomic E-state index is 0.120. The molecule has 0 unspecified atom stereocenters. The number of carbonyl (C=O) groups excluding carboxylic acids is 1. The molecule has 3 rings (SSSR count). The van der Waals surface area contributed by atoms with Gasteiger partial charge < -0.3 is 10.6 Å². The lowest BCUT2D eigenvalue weighted by Gasteiger charge is -2.32. The Labute approximate surface area is 133 Å². The maximum Gasteiger partial charge on any atom is 0.239 e. The van der Waals surface area contributed by atoms with Crippen molar-refractivity contribution in [2.24, 2.45) is 5.73 Å². The Balaban J connectivity index is 1.63. The van der Waals surface area contributed by atoms with Crippen molar-refractivity contribution in [1.82, 2.24) is 9.80 Å². The van der Waals surface area contributed by atoms with E-state index < -0.39 is 0 Å². The van der Waals surface area contributed by atoms with E-state index in [-0.39, 0.29) is 11.9 Å². The normalized spacial score (nSPS) is 23.5. The van der Waals surface area contributed by atoms with Gasteiger partial charge in [-0.3, -0.25) is 9.69 Å². The summed E-state index contributed by atoms with van der Waals surface area (Å²) in [7, 11) is 0. The molecule has 2 atom stereocenters. The van der Waals surface area contributed by atoms with Crippen LogP contribution >= 0.6 is 0 Å². The summed E-state index contributed by atoms with van der Waals surface area (Å²) in [6.45, 7) is 4.76. The fourth-order valence-corrected chi connectivity index (χ4v) is 3.42. The van der Waals surface area contributed by atoms with Crippen LogP contribution in [0.3, 0.4) is 0 Å². The van der Waals surface area contributed by atoms with Gasteiger partial charge in [0, 0.05) is 25.2 Å². The van der Waals surface area contributed by atoms with Gasteiger partial charge in [0.2, 0.25) is 5.91 Å². The van der Waals surface area contributed by atoms with E-state index in [9.17, 15) is 4.79 Å². The molecule has 2 N–H and O–H groups in total. The average molecular weight is 301 g/mol. The first kappa shape index (κ1) is 15.5. The molecule has 1 heterocycles. The van der Waals surface area contributed by atoms with Gasteiger partial charge in [-0.05, 0) is 44.7 Å². The highest BCUT2D eigenvalue weighted by molar-refractivity contribution is 5.81. The third-order valence-electron chi connectivity index (χ3n) is 4.80. The fourth-order valence-electron chi connectivity index (χ4n) is 3.42. The predicted octanol–water partition coefficient (Wildman–Crippen LogP) is 1.99. The number of rotatable bonds is 6. The molecule has 1 saturated carbocycles. The van der Waals surface area contributed by atoms with E-state index in [0.717, 1.165) is 32.5 Å². The van der Waals surface area contributed by atoms with Gasteiger partial charge in [-0.15, -0.1) is 0 Å². The molecule has 120 valence electrons. The van der Waals surface area contributed by atoms with Crippen molar-refractivity contribution >= 4 is 5.91 Å². The number of amides is 1. The van der Waals surface area contributed by atoms with Crippen LogP contribution in [0.2, 0.25) is 0 Å². The molecule has 1 aromatic rings. The fraction of sp³-hybridized carbons (Fsp3) is 0.611. The Morgan fingerprint density at radius 3 is 2.68 bits per heavy atom. The zero-order valence-electron chi connectivity index (χ0n) is 13.4. The van der Waals surface area contributed by atoms with Crippen LogP contribution < -0.4 is 5.73 Å². The SMILES string of the molecule is C[C@H](N)C(=O)N(C[C@@H]1CCCN1Cc1ccccc1)C1CC1. The summed E-state index contributed by atoms with van der Waals surface area (Å²) in [5.41, 5.74) is 7.18. The van der Waals surface area contributed by atoms with Gasteiger partial charge >= 0.3 is 0 Å². The van der Waals surface area contributed by atoms with Gasteiger partial charge in [-0.25, -0.2) is 0 Å². The number of carbonyl (C=O) groups is 1. The van der Waals surface area contributed by atoms with E-state index in [4.69, 9.17) is 5.73 Å². The monoisotopic (exact) mass is 301 g/mol. The molecule has 2 fully saturated rings. The third kappa shape index (κ3) is 3.68. The lowest BCUT2D eigenvalue weighted by Crippen LogP contribution is -2.49. The number of hydrogen-bond donors (Lipinski definition) is 1. The van der Waals surface area contributed by atoms with Crippen LogP contribution in [-0.2, 0) is 11.3 Å². The maximum atomic E-state index is 12.4. The quantitative estimate of drug-likeness (QED) is 0.874. The number of nitrogens with two attached hydrogens (primary N) is 1. The maximum absolute atomic E-state index is 12.4. The van der Waals surface area contributed by atoms with Gasteiger partial charge in [0.1, 0.15) is 0 Å². The molecule has 0 radical (unpaired) electrons. The molecule has 4 heteroatoms. The third-order valence-corrected chi connectivity index (χ3v) is 4.80. The smallest absolute Gasteiger partial charge is 0.239 e. The molecule has 1 aliphatic heterocycles. The molecule has 4 nitrogen and oxygen atoms in total. The van der Waals surface area contributed by atoms with E-state index in [0.29, 0.717) is 12.1 Å². The van der Waals surface area contributed by atoms with Crippen molar-refractivity contribution in [1.29, 1.82) is 0 Å². The van der Waals surface area contributed by atoms with E-state index in [1.54, 1.807) is 6.92 Å². The molecule has 22 heavy (non-hydrogen) atoms. The van der Waals surface area contributed by atoms with Crippen LogP contribution in [0.15, 0.2) is 30.3 Å². The van der Waals surface area contributed by atoms with E-state index >= 15 is 0 Å². The van der Waals surface area contributed by atoms with Crippen LogP contribution in [0.25, 0.3) is 0 Å². The van der Waals surface area contributed by atoms with Crippen molar-refractivity contribution in [3.05, 3.63) is 35.9 Å². The molecule has 0 spiro atoms. The van der Waals surface area contributed by atoms with Gasteiger partial charge in [0.15, 0.2) is 0 Å². The Morgan fingerprint density at radius 2 is 2.05 bits per heavy atom. The van der Waals surface area contributed by atoms with E-state index in [1.165, 1.54) is 18.4 Å². The number of benzene rings is 1. The van der Waals surface area contributed by atoms with Crippen LogP contribution in [-0.4, -0.2) is 46.9 Å². The summed E-state index contributed by atoms with van der Waals surface area (Å²) in [6.07, 6.45) is 4.69. The summed E-state index contributed by atoms with van der Waals surface area (Å²) in [4.78, 5) is 16.9. The standard InChI is InChI=1S/C18H27N3O/c1-14(19)18(22)21(16-9-10-16)13-17-8-5-11-20(17)12-15-6-3-2-4-7-15/h2-4,6-7,14,16-17H,5,8-13,19H2,1H3/t14-,17-/m0/s1. The number of nitrogens with zero attached hydrogens (tertiary/aromatic N) is 2. The van der Waals surface area contributed by atoms with Gasteiger partial charge in [-0.1, -0.05) is 30.3 Å². The zero-order valence-corrected chi connectivity index (χ0v) is 13.4. The first-order valence-electron chi connectivity index (χ1n) is 8.49. The highest BCUT2D eigenvalue weighted by Gasteiger charge is 2.37. The number of hydrogen-bond acceptors (Lipinski definition) is 3. The van der Waals surface area contributed by atoms with Gasteiger partial charge in [-0.2, -0.15) is 0 Å². The van der Waals surface area contributed by atoms with Crippen molar-refractivity contribution in [3.63, 3.8) is 0 Å². The second-order valence-corrected chi connectivity index (χ2v) is 6.76. The molecule has 1 saturated heterocycles. The Hall–Kier alpha value is -1.39. The second-order valence-electron chi connectivity index (χ2n) is 6.76. The number of likely N-dealkylation sites (tertiary alicyclic amines) is 1. The van der Waals surface area contributed by atoms with Crippen molar-refractivity contribution in [2.75, 3.05) is 13.1 Å². The summed E-state index contributed by atoms with van der Waals surface area (Å²) >= 11 is 0. The highest BCUT2D eigenvalue weighted by Crippen LogP contribution is 2.30. The van der Waals surface area contributed by atoms with Crippen LogP contribution in [0, 0.1) is 0 Å². The summed E-state index contributed by atoms with van der Waals surface area (Å²) in [6, 6.07) is 11.1. The summed E-state index contributed by atoms with van der Waals surface area (Å²) in [5.74, 6) is 0.120. The van der Waals surface area contributed by atoms with Crippen LogP contribution in [0.5, 0.6) is 0 Å². The molecule has 0 bridgehead atoms. The molecule has 1 amide bonds. The van der Waals surface area contributed by atoms with Crippen molar-refractivity contribution in [3.8, 4) is 0 Å². The first-order valence-corrected chi connectivity index (χ1v) is 8.49. The molecular weight excluding hydrogens is 274 g/mol.